The number of nitrogens with zero attached hydrogens (tertiary/aromatic N) is 1. The molecule has 1 saturated heterocycles. The summed E-state index contributed by atoms with van der Waals surface area (Å²) < 4.78 is 26.5. The molecule has 0 spiro atoms. The van der Waals surface area contributed by atoms with E-state index in [1.807, 2.05) is 4.90 Å². The molecule has 5 nitrogen and oxygen atoms in total. The first kappa shape index (κ1) is 16.4. The molecule has 1 fully saturated rings. The number of hydrogen-bond acceptors (Lipinski definition) is 3. The third-order valence-electron chi connectivity index (χ3n) is 3.77. The third kappa shape index (κ3) is 4.24. The quantitative estimate of drug-likeness (QED) is 0.883. The maximum Gasteiger partial charge on any atom is 0.238 e. The molecule has 1 aromatic carbocycles. The Kier molecular flexibility index (Phi) is 5.43. The van der Waals surface area contributed by atoms with Crippen LogP contribution in [0.2, 0.25) is 0 Å². The first-order valence-electron chi connectivity index (χ1n) is 7.18. The number of halogens is 2. The van der Waals surface area contributed by atoms with E-state index < -0.39 is 17.5 Å². The third-order valence-corrected chi connectivity index (χ3v) is 3.77. The fraction of sp³-hybridized carbons (Fsp3) is 0.467. The van der Waals surface area contributed by atoms with Crippen LogP contribution >= 0.6 is 0 Å². The maximum absolute atomic E-state index is 13.4. The lowest BCUT2D eigenvalue weighted by molar-refractivity contribution is -0.126. The molecule has 22 heavy (non-hydrogen) atoms. The van der Waals surface area contributed by atoms with Gasteiger partial charge in [0.2, 0.25) is 11.8 Å². The predicted octanol–water partition coefficient (Wildman–Crippen LogP) is 1.36. The molecule has 0 bridgehead atoms. The van der Waals surface area contributed by atoms with Crippen molar-refractivity contribution in [3.63, 3.8) is 0 Å². The number of carbonyl (C=O) groups excluding carboxylic acids is 2. The molecule has 7 heteroatoms. The van der Waals surface area contributed by atoms with Crippen LogP contribution in [0, 0.1) is 17.6 Å². The molecule has 0 aromatic heterocycles. The van der Waals surface area contributed by atoms with Crippen LogP contribution in [0.3, 0.4) is 0 Å². The highest BCUT2D eigenvalue weighted by molar-refractivity contribution is 5.92. The second-order valence-electron chi connectivity index (χ2n) is 5.34. The summed E-state index contributed by atoms with van der Waals surface area (Å²) in [7, 11) is 1.61. The summed E-state index contributed by atoms with van der Waals surface area (Å²) in [6.07, 6.45) is 1.36. The Bertz CT molecular complexity index is 558. The number of nitrogens with one attached hydrogen (secondary N) is 2. The minimum absolute atomic E-state index is 0.0194. The molecule has 2 rings (SSSR count). The van der Waals surface area contributed by atoms with Gasteiger partial charge in [-0.05, 0) is 38.1 Å². The Morgan fingerprint density at radius 3 is 2.59 bits per heavy atom. The molecule has 120 valence electrons. The molecular weight excluding hydrogens is 292 g/mol. The van der Waals surface area contributed by atoms with Gasteiger partial charge in [0.1, 0.15) is 11.6 Å². The number of benzene rings is 1. The standard InChI is InChI=1S/C15H19F2N3O2/c1-18-15(22)10-4-6-20(7-5-10)9-14(21)19-13-8-11(16)2-3-12(13)17/h2-3,8,10H,4-7,9H2,1H3,(H,18,22)(H,19,21). The van der Waals surface area contributed by atoms with Gasteiger partial charge in [-0.25, -0.2) is 8.78 Å². The zero-order chi connectivity index (χ0) is 16.1. The van der Waals surface area contributed by atoms with Gasteiger partial charge >= 0.3 is 0 Å². The molecule has 2 amide bonds. The topological polar surface area (TPSA) is 61.4 Å². The molecule has 1 aliphatic rings. The van der Waals surface area contributed by atoms with Gasteiger partial charge in [0.05, 0.1) is 12.2 Å². The van der Waals surface area contributed by atoms with Crippen LogP contribution in [-0.2, 0) is 9.59 Å². The molecule has 1 aliphatic heterocycles. The first-order valence-corrected chi connectivity index (χ1v) is 7.18. The smallest absolute Gasteiger partial charge is 0.238 e. The van der Waals surface area contributed by atoms with Crippen LogP contribution in [0.15, 0.2) is 18.2 Å². The lowest BCUT2D eigenvalue weighted by Crippen LogP contribution is -2.42. The Morgan fingerprint density at radius 2 is 1.95 bits per heavy atom. The summed E-state index contributed by atoms with van der Waals surface area (Å²) in [5.41, 5.74) is -0.162. The van der Waals surface area contributed by atoms with Gasteiger partial charge in [-0.1, -0.05) is 0 Å². The van der Waals surface area contributed by atoms with Crippen molar-refractivity contribution in [3.05, 3.63) is 29.8 Å². The summed E-state index contributed by atoms with van der Waals surface area (Å²) in [6, 6.07) is 2.92. The summed E-state index contributed by atoms with van der Waals surface area (Å²) in [5.74, 6) is -1.69. The van der Waals surface area contributed by atoms with Crippen LogP contribution < -0.4 is 10.6 Å². The second-order valence-corrected chi connectivity index (χ2v) is 5.34. The predicted molar refractivity (Wildman–Crippen MR) is 78.2 cm³/mol. The summed E-state index contributed by atoms with van der Waals surface area (Å²) in [6.45, 7) is 1.34. The fourth-order valence-electron chi connectivity index (χ4n) is 2.54. The minimum Gasteiger partial charge on any atom is -0.359 e. The normalized spacial score (nSPS) is 16.3. The van der Waals surface area contributed by atoms with E-state index in [2.05, 4.69) is 10.6 Å². The van der Waals surface area contributed by atoms with E-state index in [-0.39, 0.29) is 24.1 Å². The van der Waals surface area contributed by atoms with Gasteiger partial charge in [0, 0.05) is 19.0 Å². The molecule has 2 N–H and O–H groups in total. The van der Waals surface area contributed by atoms with Gasteiger partial charge in [-0.2, -0.15) is 0 Å². The molecule has 0 radical (unpaired) electrons. The van der Waals surface area contributed by atoms with Gasteiger partial charge in [-0.3, -0.25) is 14.5 Å². The van der Waals surface area contributed by atoms with Crippen molar-refractivity contribution in [2.75, 3.05) is 32.0 Å². The van der Waals surface area contributed by atoms with Crippen LogP contribution in [0.4, 0.5) is 14.5 Å². The van der Waals surface area contributed by atoms with Crippen LogP contribution in [-0.4, -0.2) is 43.4 Å². The van der Waals surface area contributed by atoms with E-state index in [0.29, 0.717) is 25.9 Å². The van der Waals surface area contributed by atoms with Crippen molar-refractivity contribution >= 4 is 17.5 Å². The molecule has 1 heterocycles. The zero-order valence-corrected chi connectivity index (χ0v) is 12.4. The van der Waals surface area contributed by atoms with Crippen LogP contribution in [0.1, 0.15) is 12.8 Å². The van der Waals surface area contributed by atoms with Gasteiger partial charge in [0.15, 0.2) is 0 Å². The van der Waals surface area contributed by atoms with Crippen molar-refractivity contribution in [2.45, 2.75) is 12.8 Å². The van der Waals surface area contributed by atoms with E-state index in [0.717, 1.165) is 18.2 Å². The first-order chi connectivity index (χ1) is 10.5. The maximum atomic E-state index is 13.4. The van der Waals surface area contributed by atoms with Gasteiger partial charge < -0.3 is 10.6 Å². The van der Waals surface area contributed by atoms with E-state index in [1.165, 1.54) is 0 Å². The van der Waals surface area contributed by atoms with Gasteiger partial charge in [0.25, 0.3) is 0 Å². The average Bonchev–Trinajstić information content (AvgIpc) is 2.51. The molecule has 0 aliphatic carbocycles. The zero-order valence-electron chi connectivity index (χ0n) is 12.4. The minimum atomic E-state index is -0.673. The number of hydrogen-bond donors (Lipinski definition) is 2. The fourth-order valence-corrected chi connectivity index (χ4v) is 2.54. The van der Waals surface area contributed by atoms with Crippen molar-refractivity contribution in [1.29, 1.82) is 0 Å². The molecule has 0 unspecified atom stereocenters. The molecule has 0 atom stereocenters. The van der Waals surface area contributed by atoms with E-state index >= 15 is 0 Å². The van der Waals surface area contributed by atoms with Crippen molar-refractivity contribution in [3.8, 4) is 0 Å². The highest BCUT2D eigenvalue weighted by Gasteiger charge is 2.25. The van der Waals surface area contributed by atoms with E-state index in [4.69, 9.17) is 0 Å². The Hall–Kier alpha value is -2.02. The number of anilines is 1. The van der Waals surface area contributed by atoms with Crippen molar-refractivity contribution < 1.29 is 18.4 Å². The largest absolute Gasteiger partial charge is 0.359 e. The SMILES string of the molecule is CNC(=O)C1CCN(CC(=O)Nc2cc(F)ccc2F)CC1. The Morgan fingerprint density at radius 1 is 1.27 bits per heavy atom. The number of piperidine rings is 1. The number of carbonyl (C=O) groups is 2. The van der Waals surface area contributed by atoms with Crippen molar-refractivity contribution in [1.82, 2.24) is 10.2 Å². The highest BCUT2D eigenvalue weighted by atomic mass is 19.1. The Balaban J connectivity index is 1.83. The monoisotopic (exact) mass is 311 g/mol. The van der Waals surface area contributed by atoms with Crippen molar-refractivity contribution in [2.24, 2.45) is 5.92 Å². The second kappa shape index (κ2) is 7.31. The number of rotatable bonds is 4. The summed E-state index contributed by atoms with van der Waals surface area (Å²) in [5, 5.41) is 4.99. The summed E-state index contributed by atoms with van der Waals surface area (Å²) >= 11 is 0. The number of likely N-dealkylation sites (tertiary alicyclic amines) is 1. The van der Waals surface area contributed by atoms with Crippen LogP contribution in [0.5, 0.6) is 0 Å². The van der Waals surface area contributed by atoms with E-state index in [9.17, 15) is 18.4 Å². The highest BCUT2D eigenvalue weighted by Crippen LogP contribution is 2.18. The number of amides is 2. The average molecular weight is 311 g/mol. The Labute approximate surface area is 127 Å². The van der Waals surface area contributed by atoms with E-state index in [1.54, 1.807) is 7.05 Å². The van der Waals surface area contributed by atoms with Crippen LogP contribution in [0.25, 0.3) is 0 Å². The van der Waals surface area contributed by atoms with Gasteiger partial charge in [-0.15, -0.1) is 0 Å². The lowest BCUT2D eigenvalue weighted by atomic mass is 9.96. The lowest BCUT2D eigenvalue weighted by Gasteiger charge is -2.30. The molecular formula is C15H19F2N3O2. The molecule has 0 saturated carbocycles. The molecule has 1 aromatic rings. The summed E-state index contributed by atoms with van der Waals surface area (Å²) in [4.78, 5) is 25.3.